The van der Waals surface area contributed by atoms with E-state index in [0.29, 0.717) is 26.1 Å². The average Bonchev–Trinajstić information content (AvgIpc) is 2.26. The Morgan fingerprint density at radius 2 is 1.70 bits per heavy atom. The molecule has 1 heterocycles. The van der Waals surface area contributed by atoms with E-state index in [2.05, 4.69) is 10.2 Å². The molecule has 0 spiro atoms. The maximum absolute atomic E-state index is 11.7. The summed E-state index contributed by atoms with van der Waals surface area (Å²) in [6, 6.07) is 0. The summed E-state index contributed by atoms with van der Waals surface area (Å²) in [5, 5.41) is 2.92. The van der Waals surface area contributed by atoms with Crippen molar-refractivity contribution in [1.82, 2.24) is 14.5 Å². The van der Waals surface area contributed by atoms with Gasteiger partial charge in [0.1, 0.15) is 0 Å². The Balaban J connectivity index is 2.21. The minimum Gasteiger partial charge on any atom is -0.355 e. The van der Waals surface area contributed by atoms with E-state index in [0.717, 1.165) is 19.6 Å². The number of sulfonamides is 1. The second-order valence-corrected chi connectivity index (χ2v) is 8.57. The quantitative estimate of drug-likeness (QED) is 0.783. The molecule has 1 amide bonds. The fourth-order valence-electron chi connectivity index (χ4n) is 2.18. The highest BCUT2D eigenvalue weighted by Gasteiger charge is 2.23. The van der Waals surface area contributed by atoms with Crippen LogP contribution in [0.25, 0.3) is 0 Å². The first kappa shape index (κ1) is 17.4. The Bertz CT molecular complexity index is 421. The van der Waals surface area contributed by atoms with Crippen LogP contribution in [-0.2, 0) is 14.8 Å². The van der Waals surface area contributed by atoms with Gasteiger partial charge in [-0.3, -0.25) is 9.69 Å². The molecule has 0 unspecified atom stereocenters. The summed E-state index contributed by atoms with van der Waals surface area (Å²) >= 11 is 0. The molecule has 0 aromatic heterocycles. The third-order valence-corrected chi connectivity index (χ3v) is 4.54. The van der Waals surface area contributed by atoms with Gasteiger partial charge in [0.15, 0.2) is 0 Å². The standard InChI is InChI=1S/C13H27N3O3S/c1-13(2,3)11-12(17)14-5-6-15-7-9-16(10-8-15)20(4,18)19/h5-11H2,1-4H3,(H,14,17). The predicted octanol–water partition coefficient (Wildman–Crippen LogP) is 0.116. The maximum atomic E-state index is 11.7. The Kier molecular flexibility index (Phi) is 5.97. The first-order valence-corrected chi connectivity index (χ1v) is 8.87. The van der Waals surface area contributed by atoms with Crippen molar-refractivity contribution in [2.45, 2.75) is 27.2 Å². The van der Waals surface area contributed by atoms with E-state index in [9.17, 15) is 13.2 Å². The lowest BCUT2D eigenvalue weighted by atomic mass is 9.92. The van der Waals surface area contributed by atoms with Crippen LogP contribution in [0.2, 0.25) is 0 Å². The Hall–Kier alpha value is -0.660. The van der Waals surface area contributed by atoms with Gasteiger partial charge in [-0.2, -0.15) is 4.31 Å². The molecule has 1 rings (SSSR count). The van der Waals surface area contributed by atoms with E-state index in [1.165, 1.54) is 10.6 Å². The van der Waals surface area contributed by atoms with Crippen molar-refractivity contribution < 1.29 is 13.2 Å². The van der Waals surface area contributed by atoms with Crippen LogP contribution in [0.4, 0.5) is 0 Å². The highest BCUT2D eigenvalue weighted by atomic mass is 32.2. The summed E-state index contributed by atoms with van der Waals surface area (Å²) < 4.78 is 24.3. The van der Waals surface area contributed by atoms with Crippen LogP contribution in [0.15, 0.2) is 0 Å². The number of amides is 1. The fraction of sp³-hybridized carbons (Fsp3) is 0.923. The Morgan fingerprint density at radius 1 is 1.15 bits per heavy atom. The largest absolute Gasteiger partial charge is 0.355 e. The molecule has 0 bridgehead atoms. The number of hydrogen-bond acceptors (Lipinski definition) is 4. The molecule has 118 valence electrons. The molecule has 7 heteroatoms. The zero-order valence-electron chi connectivity index (χ0n) is 13.0. The number of nitrogens with zero attached hydrogens (tertiary/aromatic N) is 2. The fourth-order valence-corrected chi connectivity index (χ4v) is 3.01. The number of carbonyl (C=O) groups excluding carboxylic acids is 1. The molecule has 1 N–H and O–H groups in total. The zero-order chi connectivity index (χ0) is 15.4. The number of carbonyl (C=O) groups is 1. The van der Waals surface area contributed by atoms with Crippen molar-refractivity contribution in [3.8, 4) is 0 Å². The summed E-state index contributed by atoms with van der Waals surface area (Å²) in [5.74, 6) is 0.0762. The van der Waals surface area contributed by atoms with E-state index in [1.807, 2.05) is 20.8 Å². The molecule has 0 radical (unpaired) electrons. The van der Waals surface area contributed by atoms with Crippen LogP contribution in [-0.4, -0.2) is 69.1 Å². The van der Waals surface area contributed by atoms with Crippen molar-refractivity contribution in [2.24, 2.45) is 5.41 Å². The van der Waals surface area contributed by atoms with Gasteiger partial charge >= 0.3 is 0 Å². The Labute approximate surface area is 122 Å². The van der Waals surface area contributed by atoms with E-state index in [1.54, 1.807) is 0 Å². The maximum Gasteiger partial charge on any atom is 0.220 e. The van der Waals surface area contributed by atoms with Gasteiger partial charge in [-0.1, -0.05) is 20.8 Å². The van der Waals surface area contributed by atoms with Crippen molar-refractivity contribution in [3.63, 3.8) is 0 Å². The summed E-state index contributed by atoms with van der Waals surface area (Å²) in [4.78, 5) is 13.8. The van der Waals surface area contributed by atoms with Crippen LogP contribution in [0, 0.1) is 5.41 Å². The third-order valence-electron chi connectivity index (χ3n) is 3.24. The van der Waals surface area contributed by atoms with Gasteiger partial charge in [0.2, 0.25) is 15.9 Å². The number of piperazine rings is 1. The molecule has 0 saturated carbocycles. The van der Waals surface area contributed by atoms with Crippen molar-refractivity contribution >= 4 is 15.9 Å². The molecule has 0 aromatic carbocycles. The van der Waals surface area contributed by atoms with Crippen molar-refractivity contribution in [2.75, 3.05) is 45.5 Å². The summed E-state index contributed by atoms with van der Waals surface area (Å²) in [6.07, 6.45) is 1.77. The average molecular weight is 305 g/mol. The topological polar surface area (TPSA) is 69.7 Å². The highest BCUT2D eigenvalue weighted by Crippen LogP contribution is 2.17. The van der Waals surface area contributed by atoms with Gasteiger partial charge in [0.05, 0.1) is 6.26 Å². The lowest BCUT2D eigenvalue weighted by Gasteiger charge is -2.33. The molecule has 0 aliphatic carbocycles. The lowest BCUT2D eigenvalue weighted by molar-refractivity contribution is -0.122. The molecule has 1 fully saturated rings. The van der Waals surface area contributed by atoms with E-state index in [4.69, 9.17) is 0 Å². The van der Waals surface area contributed by atoms with Crippen LogP contribution in [0.1, 0.15) is 27.2 Å². The smallest absolute Gasteiger partial charge is 0.220 e. The zero-order valence-corrected chi connectivity index (χ0v) is 13.8. The first-order chi connectivity index (χ1) is 9.08. The van der Waals surface area contributed by atoms with Gasteiger partial charge in [-0.05, 0) is 5.41 Å². The number of nitrogens with one attached hydrogen (secondary N) is 1. The highest BCUT2D eigenvalue weighted by molar-refractivity contribution is 7.88. The van der Waals surface area contributed by atoms with E-state index >= 15 is 0 Å². The minimum atomic E-state index is -3.07. The van der Waals surface area contributed by atoms with Crippen molar-refractivity contribution in [1.29, 1.82) is 0 Å². The molecule has 20 heavy (non-hydrogen) atoms. The predicted molar refractivity (Wildman–Crippen MR) is 79.9 cm³/mol. The van der Waals surface area contributed by atoms with Gasteiger partial charge < -0.3 is 5.32 Å². The molecule has 1 aliphatic rings. The van der Waals surface area contributed by atoms with Gasteiger partial charge in [-0.15, -0.1) is 0 Å². The normalized spacial score (nSPS) is 19.0. The number of rotatable bonds is 5. The summed E-state index contributed by atoms with van der Waals surface area (Å²) in [7, 11) is -3.07. The van der Waals surface area contributed by atoms with Gasteiger partial charge in [-0.25, -0.2) is 8.42 Å². The molecular weight excluding hydrogens is 278 g/mol. The molecular formula is C13H27N3O3S. The molecule has 0 aromatic rings. The number of hydrogen-bond donors (Lipinski definition) is 1. The van der Waals surface area contributed by atoms with Crippen LogP contribution in [0.5, 0.6) is 0 Å². The monoisotopic (exact) mass is 305 g/mol. The molecule has 6 nitrogen and oxygen atoms in total. The van der Waals surface area contributed by atoms with Crippen LogP contribution < -0.4 is 5.32 Å². The van der Waals surface area contributed by atoms with Crippen LogP contribution in [0.3, 0.4) is 0 Å². The molecule has 0 atom stereocenters. The second kappa shape index (κ2) is 6.87. The lowest BCUT2D eigenvalue weighted by Crippen LogP contribution is -2.50. The molecule has 1 saturated heterocycles. The molecule has 1 aliphatic heterocycles. The van der Waals surface area contributed by atoms with Gasteiger partial charge in [0, 0.05) is 45.7 Å². The third kappa shape index (κ3) is 6.67. The SMILES string of the molecule is CC(C)(C)CC(=O)NCCN1CCN(S(C)(=O)=O)CC1. The first-order valence-electron chi connectivity index (χ1n) is 7.02. The van der Waals surface area contributed by atoms with Gasteiger partial charge in [0.25, 0.3) is 0 Å². The van der Waals surface area contributed by atoms with Crippen LogP contribution >= 0.6 is 0 Å². The Morgan fingerprint density at radius 3 is 2.15 bits per heavy atom. The summed E-state index contributed by atoms with van der Waals surface area (Å²) in [5.41, 5.74) is 0.00515. The van der Waals surface area contributed by atoms with Crippen molar-refractivity contribution in [3.05, 3.63) is 0 Å². The van der Waals surface area contributed by atoms with E-state index in [-0.39, 0.29) is 11.3 Å². The minimum absolute atomic E-state index is 0.00515. The second-order valence-electron chi connectivity index (χ2n) is 6.59. The van der Waals surface area contributed by atoms with E-state index < -0.39 is 10.0 Å². The summed E-state index contributed by atoms with van der Waals surface area (Å²) in [6.45, 7) is 10.0.